The zero-order chi connectivity index (χ0) is 14.9. The number of amides is 1. The highest BCUT2D eigenvalue weighted by molar-refractivity contribution is 5.76. The van der Waals surface area contributed by atoms with Crippen LogP contribution in [0, 0.1) is 0 Å². The van der Waals surface area contributed by atoms with Gasteiger partial charge in [0.15, 0.2) is 0 Å². The molecule has 1 fully saturated rings. The molecule has 0 aromatic carbocycles. The maximum atomic E-state index is 11.5. The van der Waals surface area contributed by atoms with E-state index in [0.717, 1.165) is 50.9 Å². The first-order valence-corrected chi connectivity index (χ1v) is 7.45. The van der Waals surface area contributed by atoms with Crippen molar-refractivity contribution in [3.05, 3.63) is 12.4 Å². The van der Waals surface area contributed by atoms with Gasteiger partial charge in [-0.15, -0.1) is 0 Å². The molecule has 1 aliphatic rings. The Bertz CT molecular complexity index is 449. The summed E-state index contributed by atoms with van der Waals surface area (Å²) in [5.74, 6) is 1.70. The third kappa shape index (κ3) is 5.18. The maximum absolute atomic E-state index is 11.5. The molecule has 0 spiro atoms. The molecule has 1 aromatic rings. The molecule has 116 valence electrons. The molecule has 0 unspecified atom stereocenters. The molecule has 1 amide bonds. The topological polar surface area (TPSA) is 79.4 Å². The molecule has 1 aliphatic heterocycles. The van der Waals surface area contributed by atoms with Crippen LogP contribution in [0.1, 0.15) is 19.8 Å². The minimum absolute atomic E-state index is 0.0619. The molecular formula is C14H23N5O2. The van der Waals surface area contributed by atoms with Crippen LogP contribution in [0.3, 0.4) is 0 Å². The van der Waals surface area contributed by atoms with Crippen molar-refractivity contribution < 1.29 is 9.53 Å². The van der Waals surface area contributed by atoms with Gasteiger partial charge in [0, 0.05) is 38.7 Å². The summed E-state index contributed by atoms with van der Waals surface area (Å²) >= 11 is 0. The number of hydrogen-bond acceptors (Lipinski definition) is 6. The summed E-state index contributed by atoms with van der Waals surface area (Å²) in [5, 5.41) is 6.01. The molecule has 0 atom stereocenters. The Hall–Kier alpha value is -1.89. The third-order valence-corrected chi connectivity index (χ3v) is 3.22. The maximum Gasteiger partial charge on any atom is 0.221 e. The highest BCUT2D eigenvalue weighted by Gasteiger charge is 2.12. The number of ether oxygens (including phenoxy) is 1. The lowest BCUT2D eigenvalue weighted by Crippen LogP contribution is -2.36. The minimum Gasteiger partial charge on any atom is -0.378 e. The highest BCUT2D eigenvalue weighted by Crippen LogP contribution is 2.15. The van der Waals surface area contributed by atoms with Crippen LogP contribution in [-0.2, 0) is 9.53 Å². The van der Waals surface area contributed by atoms with E-state index in [0.29, 0.717) is 13.0 Å². The van der Waals surface area contributed by atoms with Gasteiger partial charge in [-0.2, -0.15) is 0 Å². The summed E-state index contributed by atoms with van der Waals surface area (Å²) in [6.07, 6.45) is 2.94. The Morgan fingerprint density at radius 2 is 2.14 bits per heavy atom. The Labute approximate surface area is 125 Å². The summed E-state index contributed by atoms with van der Waals surface area (Å²) in [6.45, 7) is 6.47. The van der Waals surface area contributed by atoms with E-state index in [-0.39, 0.29) is 5.91 Å². The van der Waals surface area contributed by atoms with Crippen LogP contribution in [0.15, 0.2) is 12.4 Å². The standard InChI is InChI=1S/C14H23N5O2/c1-2-4-16-14(20)3-5-15-12-10-13(18-11-17-12)19-6-8-21-9-7-19/h10-11H,2-9H2,1H3,(H,16,20)(H,15,17,18). The van der Waals surface area contributed by atoms with Crippen molar-refractivity contribution in [1.82, 2.24) is 15.3 Å². The smallest absolute Gasteiger partial charge is 0.221 e. The quantitative estimate of drug-likeness (QED) is 0.768. The van der Waals surface area contributed by atoms with Gasteiger partial charge >= 0.3 is 0 Å². The Balaban J connectivity index is 1.79. The first-order chi connectivity index (χ1) is 10.3. The van der Waals surface area contributed by atoms with Crippen molar-refractivity contribution in [2.75, 3.05) is 49.6 Å². The van der Waals surface area contributed by atoms with E-state index in [1.54, 1.807) is 6.33 Å². The number of anilines is 2. The van der Waals surface area contributed by atoms with E-state index in [1.165, 1.54) is 0 Å². The Kier molecular flexibility index (Phi) is 6.21. The molecule has 7 heteroatoms. The molecular weight excluding hydrogens is 270 g/mol. The van der Waals surface area contributed by atoms with Crippen LogP contribution in [0.2, 0.25) is 0 Å². The molecule has 0 radical (unpaired) electrons. The lowest BCUT2D eigenvalue weighted by Gasteiger charge is -2.27. The molecule has 0 saturated carbocycles. The van der Waals surface area contributed by atoms with Crippen LogP contribution >= 0.6 is 0 Å². The molecule has 7 nitrogen and oxygen atoms in total. The van der Waals surface area contributed by atoms with Crippen LogP contribution < -0.4 is 15.5 Å². The van der Waals surface area contributed by atoms with Crippen molar-refractivity contribution >= 4 is 17.5 Å². The van der Waals surface area contributed by atoms with E-state index in [2.05, 4.69) is 25.5 Å². The largest absolute Gasteiger partial charge is 0.378 e. The first kappa shape index (κ1) is 15.5. The fraction of sp³-hybridized carbons (Fsp3) is 0.643. The number of nitrogens with zero attached hydrogens (tertiary/aromatic N) is 3. The zero-order valence-electron chi connectivity index (χ0n) is 12.5. The number of morpholine rings is 1. The molecule has 2 heterocycles. The molecule has 1 saturated heterocycles. The minimum atomic E-state index is 0.0619. The summed E-state index contributed by atoms with van der Waals surface area (Å²) in [6, 6.07) is 1.91. The Morgan fingerprint density at radius 1 is 1.33 bits per heavy atom. The van der Waals surface area contributed by atoms with Gasteiger partial charge in [0.2, 0.25) is 5.91 Å². The lowest BCUT2D eigenvalue weighted by atomic mass is 10.3. The fourth-order valence-electron chi connectivity index (χ4n) is 2.07. The van der Waals surface area contributed by atoms with Crippen LogP contribution in [-0.4, -0.2) is 55.3 Å². The predicted octanol–water partition coefficient (Wildman–Crippen LogP) is 0.641. The second-order valence-corrected chi connectivity index (χ2v) is 4.89. The van der Waals surface area contributed by atoms with Gasteiger partial charge in [-0.05, 0) is 6.42 Å². The van der Waals surface area contributed by atoms with Crippen molar-refractivity contribution in [3.8, 4) is 0 Å². The van der Waals surface area contributed by atoms with Gasteiger partial charge in [-0.3, -0.25) is 4.79 Å². The average molecular weight is 293 g/mol. The van der Waals surface area contributed by atoms with E-state index in [1.807, 2.05) is 13.0 Å². The van der Waals surface area contributed by atoms with Crippen molar-refractivity contribution in [2.24, 2.45) is 0 Å². The molecule has 1 aromatic heterocycles. The lowest BCUT2D eigenvalue weighted by molar-refractivity contribution is -0.120. The van der Waals surface area contributed by atoms with E-state index in [4.69, 9.17) is 4.74 Å². The fourth-order valence-corrected chi connectivity index (χ4v) is 2.07. The van der Waals surface area contributed by atoms with Gasteiger partial charge < -0.3 is 20.3 Å². The number of aromatic nitrogens is 2. The molecule has 2 rings (SSSR count). The zero-order valence-corrected chi connectivity index (χ0v) is 12.5. The molecule has 0 bridgehead atoms. The van der Waals surface area contributed by atoms with E-state index >= 15 is 0 Å². The van der Waals surface area contributed by atoms with Crippen molar-refractivity contribution in [1.29, 1.82) is 0 Å². The average Bonchev–Trinajstić information content (AvgIpc) is 2.54. The normalized spacial score (nSPS) is 14.8. The van der Waals surface area contributed by atoms with Crippen LogP contribution in [0.25, 0.3) is 0 Å². The highest BCUT2D eigenvalue weighted by atomic mass is 16.5. The number of nitrogens with one attached hydrogen (secondary N) is 2. The number of carbonyl (C=O) groups is 1. The summed E-state index contributed by atoms with van der Waals surface area (Å²) in [7, 11) is 0. The van der Waals surface area contributed by atoms with E-state index in [9.17, 15) is 4.79 Å². The third-order valence-electron chi connectivity index (χ3n) is 3.22. The molecule has 2 N–H and O–H groups in total. The summed E-state index contributed by atoms with van der Waals surface area (Å²) < 4.78 is 5.33. The summed E-state index contributed by atoms with van der Waals surface area (Å²) in [4.78, 5) is 22.1. The van der Waals surface area contributed by atoms with Gasteiger partial charge in [0.1, 0.15) is 18.0 Å². The van der Waals surface area contributed by atoms with E-state index < -0.39 is 0 Å². The Morgan fingerprint density at radius 3 is 2.90 bits per heavy atom. The second kappa shape index (κ2) is 8.41. The second-order valence-electron chi connectivity index (χ2n) is 4.89. The molecule has 21 heavy (non-hydrogen) atoms. The van der Waals surface area contributed by atoms with Gasteiger partial charge in [0.05, 0.1) is 13.2 Å². The van der Waals surface area contributed by atoms with Gasteiger partial charge in [0.25, 0.3) is 0 Å². The van der Waals surface area contributed by atoms with Crippen LogP contribution in [0.5, 0.6) is 0 Å². The van der Waals surface area contributed by atoms with Gasteiger partial charge in [-0.1, -0.05) is 6.92 Å². The predicted molar refractivity (Wildman–Crippen MR) is 81.5 cm³/mol. The number of rotatable bonds is 7. The number of hydrogen-bond donors (Lipinski definition) is 2. The summed E-state index contributed by atoms with van der Waals surface area (Å²) in [5.41, 5.74) is 0. The molecule has 0 aliphatic carbocycles. The first-order valence-electron chi connectivity index (χ1n) is 7.45. The van der Waals surface area contributed by atoms with Crippen LogP contribution in [0.4, 0.5) is 11.6 Å². The van der Waals surface area contributed by atoms with Gasteiger partial charge in [-0.25, -0.2) is 9.97 Å². The SMILES string of the molecule is CCCNC(=O)CCNc1cc(N2CCOCC2)ncn1. The van der Waals surface area contributed by atoms with Crippen molar-refractivity contribution in [2.45, 2.75) is 19.8 Å². The number of carbonyl (C=O) groups excluding carboxylic acids is 1. The monoisotopic (exact) mass is 293 g/mol. The van der Waals surface area contributed by atoms with Crippen molar-refractivity contribution in [3.63, 3.8) is 0 Å².